The van der Waals surface area contributed by atoms with Gasteiger partial charge in [0.25, 0.3) is 0 Å². The van der Waals surface area contributed by atoms with Crippen LogP contribution >= 0.6 is 11.3 Å². The molecule has 6 heteroatoms. The van der Waals surface area contributed by atoms with Crippen molar-refractivity contribution in [1.82, 2.24) is 20.7 Å². The van der Waals surface area contributed by atoms with E-state index in [4.69, 9.17) is 4.74 Å². The van der Waals surface area contributed by atoms with E-state index in [9.17, 15) is 0 Å². The highest BCUT2D eigenvalue weighted by molar-refractivity contribution is 7.08. The van der Waals surface area contributed by atoms with Crippen LogP contribution in [0, 0.1) is 0 Å². The van der Waals surface area contributed by atoms with Gasteiger partial charge in [0.1, 0.15) is 5.52 Å². The van der Waals surface area contributed by atoms with Gasteiger partial charge in [0.15, 0.2) is 0 Å². The molecule has 3 aromatic rings. The molecule has 1 aromatic carbocycles. The van der Waals surface area contributed by atoms with Crippen molar-refractivity contribution in [2.45, 2.75) is 12.0 Å². The SMILES string of the molecule is c1cc(C2(CNCc3ccc4[nH]nnc4c3)COC2)cs1. The van der Waals surface area contributed by atoms with Crippen LogP contribution in [0.2, 0.25) is 0 Å². The van der Waals surface area contributed by atoms with Gasteiger partial charge in [-0.25, -0.2) is 0 Å². The summed E-state index contributed by atoms with van der Waals surface area (Å²) in [5, 5.41) is 18.6. The van der Waals surface area contributed by atoms with Gasteiger partial charge in [-0.3, -0.25) is 5.10 Å². The van der Waals surface area contributed by atoms with E-state index in [-0.39, 0.29) is 5.41 Å². The minimum atomic E-state index is 0.151. The number of benzene rings is 1. The summed E-state index contributed by atoms with van der Waals surface area (Å²) in [6, 6.07) is 8.40. The number of aromatic nitrogens is 3. The number of hydrogen-bond donors (Lipinski definition) is 2. The van der Waals surface area contributed by atoms with Crippen molar-refractivity contribution in [3.63, 3.8) is 0 Å². The third kappa shape index (κ3) is 2.35. The topological polar surface area (TPSA) is 62.8 Å². The van der Waals surface area contributed by atoms with Gasteiger partial charge in [-0.2, -0.15) is 11.3 Å². The van der Waals surface area contributed by atoms with E-state index in [1.54, 1.807) is 11.3 Å². The largest absolute Gasteiger partial charge is 0.379 e. The van der Waals surface area contributed by atoms with Gasteiger partial charge in [0, 0.05) is 13.1 Å². The summed E-state index contributed by atoms with van der Waals surface area (Å²) in [6.07, 6.45) is 0. The molecule has 108 valence electrons. The lowest BCUT2D eigenvalue weighted by Crippen LogP contribution is -2.53. The maximum absolute atomic E-state index is 5.45. The molecule has 1 aliphatic heterocycles. The van der Waals surface area contributed by atoms with Crippen LogP contribution in [0.15, 0.2) is 35.0 Å². The van der Waals surface area contributed by atoms with E-state index in [1.807, 2.05) is 6.07 Å². The maximum atomic E-state index is 5.45. The summed E-state index contributed by atoms with van der Waals surface area (Å²) in [5.41, 5.74) is 4.64. The molecule has 0 spiro atoms. The Morgan fingerprint density at radius 3 is 3.05 bits per heavy atom. The Bertz CT molecular complexity index is 733. The van der Waals surface area contributed by atoms with Crippen LogP contribution in [0.5, 0.6) is 0 Å². The number of ether oxygens (including phenoxy) is 1. The number of thiophene rings is 1. The molecule has 0 amide bonds. The van der Waals surface area contributed by atoms with Gasteiger partial charge in [-0.05, 0) is 40.1 Å². The monoisotopic (exact) mass is 300 g/mol. The molecule has 1 aliphatic rings. The molecule has 1 saturated heterocycles. The summed E-state index contributed by atoms with van der Waals surface area (Å²) in [7, 11) is 0. The molecule has 0 unspecified atom stereocenters. The Kier molecular flexibility index (Phi) is 3.21. The maximum Gasteiger partial charge on any atom is 0.113 e. The van der Waals surface area contributed by atoms with Crippen molar-refractivity contribution < 1.29 is 4.74 Å². The lowest BCUT2D eigenvalue weighted by atomic mass is 9.80. The highest BCUT2D eigenvalue weighted by atomic mass is 32.1. The second-order valence-corrected chi connectivity index (χ2v) is 6.33. The molecule has 0 bridgehead atoms. The van der Waals surface area contributed by atoms with Gasteiger partial charge in [-0.15, -0.1) is 5.10 Å². The fraction of sp³-hybridized carbons (Fsp3) is 0.333. The average Bonchev–Trinajstić information content (AvgIpc) is 3.12. The van der Waals surface area contributed by atoms with E-state index in [1.165, 1.54) is 11.1 Å². The van der Waals surface area contributed by atoms with E-state index in [2.05, 4.69) is 49.7 Å². The van der Waals surface area contributed by atoms with Gasteiger partial charge in [-0.1, -0.05) is 11.3 Å². The second-order valence-electron chi connectivity index (χ2n) is 5.55. The van der Waals surface area contributed by atoms with Crippen molar-refractivity contribution in [3.8, 4) is 0 Å². The van der Waals surface area contributed by atoms with Gasteiger partial charge in [0.05, 0.1) is 24.1 Å². The lowest BCUT2D eigenvalue weighted by molar-refractivity contribution is -0.0589. The van der Waals surface area contributed by atoms with Crippen LogP contribution in [-0.4, -0.2) is 35.2 Å². The molecule has 5 nitrogen and oxygen atoms in total. The van der Waals surface area contributed by atoms with Crippen molar-refractivity contribution in [1.29, 1.82) is 0 Å². The molecule has 21 heavy (non-hydrogen) atoms. The highest BCUT2D eigenvalue weighted by Crippen LogP contribution is 2.33. The van der Waals surface area contributed by atoms with Crippen molar-refractivity contribution >= 4 is 22.4 Å². The zero-order valence-electron chi connectivity index (χ0n) is 11.5. The van der Waals surface area contributed by atoms with Gasteiger partial charge in [0.2, 0.25) is 0 Å². The summed E-state index contributed by atoms with van der Waals surface area (Å²) < 4.78 is 5.45. The molecule has 2 N–H and O–H groups in total. The zero-order valence-corrected chi connectivity index (χ0v) is 12.3. The van der Waals surface area contributed by atoms with Crippen LogP contribution in [0.3, 0.4) is 0 Å². The third-order valence-corrected chi connectivity index (χ3v) is 4.76. The van der Waals surface area contributed by atoms with Crippen LogP contribution < -0.4 is 5.32 Å². The number of hydrogen-bond acceptors (Lipinski definition) is 5. The summed E-state index contributed by atoms with van der Waals surface area (Å²) >= 11 is 1.75. The minimum Gasteiger partial charge on any atom is -0.379 e. The smallest absolute Gasteiger partial charge is 0.113 e. The number of nitrogens with zero attached hydrogens (tertiary/aromatic N) is 2. The van der Waals surface area contributed by atoms with Crippen molar-refractivity contribution in [3.05, 3.63) is 46.2 Å². The number of aromatic amines is 1. The fourth-order valence-electron chi connectivity index (χ4n) is 2.73. The minimum absolute atomic E-state index is 0.151. The number of fused-ring (bicyclic) bond motifs is 1. The van der Waals surface area contributed by atoms with E-state index in [0.717, 1.165) is 37.3 Å². The Morgan fingerprint density at radius 1 is 1.33 bits per heavy atom. The Labute approximate surface area is 126 Å². The molecule has 0 saturated carbocycles. The molecule has 2 aromatic heterocycles. The number of rotatable bonds is 5. The van der Waals surface area contributed by atoms with Crippen LogP contribution in [-0.2, 0) is 16.7 Å². The first-order valence-corrected chi connectivity index (χ1v) is 7.91. The Balaban J connectivity index is 1.42. The average molecular weight is 300 g/mol. The first-order valence-electron chi connectivity index (χ1n) is 6.97. The number of nitrogens with one attached hydrogen (secondary N) is 2. The highest BCUT2D eigenvalue weighted by Gasteiger charge is 2.40. The predicted octanol–water partition coefficient (Wildman–Crippen LogP) is 2.08. The summed E-state index contributed by atoms with van der Waals surface area (Å²) in [4.78, 5) is 0. The predicted molar refractivity (Wildman–Crippen MR) is 82.4 cm³/mol. The van der Waals surface area contributed by atoms with Crippen LogP contribution in [0.4, 0.5) is 0 Å². The van der Waals surface area contributed by atoms with Crippen molar-refractivity contribution in [2.24, 2.45) is 0 Å². The quantitative estimate of drug-likeness (QED) is 0.757. The molecule has 0 radical (unpaired) electrons. The molecule has 0 aliphatic carbocycles. The van der Waals surface area contributed by atoms with E-state index < -0.39 is 0 Å². The molecule has 4 rings (SSSR count). The standard InChI is InChI=1S/C15H16N4OS/c1-2-13-14(18-19-17-13)5-11(1)6-16-8-15(9-20-10-15)12-3-4-21-7-12/h1-5,7,16H,6,8-10H2,(H,17,18,19). The summed E-state index contributed by atoms with van der Waals surface area (Å²) in [5.74, 6) is 0. The molecular weight excluding hydrogens is 284 g/mol. The fourth-order valence-corrected chi connectivity index (χ4v) is 3.51. The third-order valence-electron chi connectivity index (χ3n) is 4.07. The Hall–Kier alpha value is -1.76. The lowest BCUT2D eigenvalue weighted by Gasteiger charge is -2.41. The normalized spacial score (nSPS) is 17.0. The first-order chi connectivity index (χ1) is 10.4. The zero-order chi connectivity index (χ0) is 14.1. The second kappa shape index (κ2) is 5.22. The molecule has 3 heterocycles. The van der Waals surface area contributed by atoms with E-state index in [0.29, 0.717) is 0 Å². The number of H-pyrrole nitrogens is 1. The van der Waals surface area contributed by atoms with Gasteiger partial charge >= 0.3 is 0 Å². The molecular formula is C15H16N4OS. The van der Waals surface area contributed by atoms with Crippen molar-refractivity contribution in [2.75, 3.05) is 19.8 Å². The molecule has 0 atom stereocenters. The van der Waals surface area contributed by atoms with E-state index >= 15 is 0 Å². The Morgan fingerprint density at radius 2 is 2.29 bits per heavy atom. The van der Waals surface area contributed by atoms with Crippen LogP contribution in [0.1, 0.15) is 11.1 Å². The first kappa shape index (κ1) is 12.9. The van der Waals surface area contributed by atoms with Gasteiger partial charge < -0.3 is 10.1 Å². The summed E-state index contributed by atoms with van der Waals surface area (Å²) in [6.45, 7) is 3.37. The van der Waals surface area contributed by atoms with Crippen LogP contribution in [0.25, 0.3) is 11.0 Å². The molecule has 1 fully saturated rings.